The molecule has 108 valence electrons. The van der Waals surface area contributed by atoms with Crippen LogP contribution in [0.1, 0.15) is 36.9 Å². The van der Waals surface area contributed by atoms with Gasteiger partial charge in [-0.3, -0.25) is 4.98 Å². The van der Waals surface area contributed by atoms with Gasteiger partial charge in [0.2, 0.25) is 0 Å². The lowest BCUT2D eigenvalue weighted by Crippen LogP contribution is -2.12. The first-order valence-corrected chi connectivity index (χ1v) is 7.89. The Balaban J connectivity index is 2.03. The Morgan fingerprint density at radius 2 is 2.14 bits per heavy atom. The van der Waals surface area contributed by atoms with E-state index < -0.39 is 0 Å². The highest BCUT2D eigenvalue weighted by Crippen LogP contribution is 2.34. The molecule has 1 aromatic carbocycles. The van der Waals surface area contributed by atoms with E-state index in [0.29, 0.717) is 6.42 Å². The van der Waals surface area contributed by atoms with Crippen molar-refractivity contribution in [3.63, 3.8) is 0 Å². The standard InChI is InChI=1S/C17H18ClN3/c18-12-7-8-14-16(11-12)21-15-6-2-1-5-13(15)17(14)20-10-4-3-9-19/h7-8,11H,1-6,10H2,(H,20,21). The predicted octanol–water partition coefficient (Wildman–Crippen LogP) is 4.48. The molecule has 3 nitrogen and oxygen atoms in total. The maximum absolute atomic E-state index is 8.66. The van der Waals surface area contributed by atoms with Gasteiger partial charge in [0.15, 0.2) is 0 Å². The van der Waals surface area contributed by atoms with Gasteiger partial charge in [0.1, 0.15) is 0 Å². The highest BCUT2D eigenvalue weighted by atomic mass is 35.5. The molecule has 0 atom stereocenters. The van der Waals surface area contributed by atoms with Crippen molar-refractivity contribution in [1.82, 2.24) is 4.98 Å². The largest absolute Gasteiger partial charge is 0.384 e. The van der Waals surface area contributed by atoms with Crippen molar-refractivity contribution in [2.75, 3.05) is 11.9 Å². The number of pyridine rings is 1. The van der Waals surface area contributed by atoms with Crippen molar-refractivity contribution in [2.24, 2.45) is 0 Å². The number of hydrogen-bond donors (Lipinski definition) is 1. The summed E-state index contributed by atoms with van der Waals surface area (Å²) < 4.78 is 0. The zero-order valence-electron chi connectivity index (χ0n) is 12.0. The summed E-state index contributed by atoms with van der Waals surface area (Å²) in [6, 6.07) is 8.09. The monoisotopic (exact) mass is 299 g/mol. The maximum atomic E-state index is 8.66. The van der Waals surface area contributed by atoms with Crippen molar-refractivity contribution in [3.8, 4) is 6.07 Å². The lowest BCUT2D eigenvalue weighted by atomic mass is 9.92. The number of benzene rings is 1. The molecule has 1 N–H and O–H groups in total. The minimum atomic E-state index is 0.587. The van der Waals surface area contributed by atoms with Gasteiger partial charge in [0.05, 0.1) is 11.6 Å². The number of aromatic nitrogens is 1. The van der Waals surface area contributed by atoms with E-state index in [1.54, 1.807) is 0 Å². The Labute approximate surface area is 129 Å². The molecule has 0 spiro atoms. The third-order valence-corrected chi connectivity index (χ3v) is 4.23. The number of halogens is 1. The summed E-state index contributed by atoms with van der Waals surface area (Å²) in [7, 11) is 0. The highest BCUT2D eigenvalue weighted by Gasteiger charge is 2.18. The van der Waals surface area contributed by atoms with Gasteiger partial charge in [-0.1, -0.05) is 11.6 Å². The molecule has 2 aromatic rings. The Morgan fingerprint density at radius 1 is 1.29 bits per heavy atom. The molecule has 1 heterocycles. The van der Waals surface area contributed by atoms with E-state index in [0.717, 1.165) is 41.7 Å². The molecule has 0 aliphatic heterocycles. The summed E-state index contributed by atoms with van der Waals surface area (Å²) in [6.45, 7) is 0.821. The van der Waals surface area contributed by atoms with E-state index in [4.69, 9.17) is 21.8 Å². The summed E-state index contributed by atoms with van der Waals surface area (Å²) in [5.74, 6) is 0. The predicted molar refractivity (Wildman–Crippen MR) is 86.7 cm³/mol. The summed E-state index contributed by atoms with van der Waals surface area (Å²) >= 11 is 6.10. The number of unbranched alkanes of at least 4 members (excludes halogenated alkanes) is 1. The number of nitrogens with zero attached hydrogens (tertiary/aromatic N) is 2. The van der Waals surface area contributed by atoms with Crippen LogP contribution in [0.5, 0.6) is 0 Å². The molecule has 0 fully saturated rings. The van der Waals surface area contributed by atoms with Crippen LogP contribution in [-0.4, -0.2) is 11.5 Å². The number of hydrogen-bond acceptors (Lipinski definition) is 3. The Bertz CT molecular complexity index is 703. The van der Waals surface area contributed by atoms with Gasteiger partial charge in [0.25, 0.3) is 0 Å². The topological polar surface area (TPSA) is 48.7 Å². The van der Waals surface area contributed by atoms with Crippen LogP contribution in [0.3, 0.4) is 0 Å². The van der Waals surface area contributed by atoms with Crippen LogP contribution in [0.15, 0.2) is 18.2 Å². The highest BCUT2D eigenvalue weighted by molar-refractivity contribution is 6.31. The first-order chi connectivity index (χ1) is 10.3. The zero-order chi connectivity index (χ0) is 14.7. The molecule has 3 rings (SSSR count). The number of nitrogens with one attached hydrogen (secondary N) is 1. The van der Waals surface area contributed by atoms with Gasteiger partial charge in [-0.05, 0) is 55.9 Å². The van der Waals surface area contributed by atoms with E-state index in [-0.39, 0.29) is 0 Å². The first kappa shape index (κ1) is 14.2. The summed E-state index contributed by atoms with van der Waals surface area (Å²) in [4.78, 5) is 4.80. The number of anilines is 1. The molecule has 21 heavy (non-hydrogen) atoms. The van der Waals surface area contributed by atoms with Crippen LogP contribution in [0, 0.1) is 11.3 Å². The fourth-order valence-corrected chi connectivity index (χ4v) is 3.15. The molecule has 0 amide bonds. The number of fused-ring (bicyclic) bond motifs is 2. The lowest BCUT2D eigenvalue weighted by molar-refractivity contribution is 0.671. The van der Waals surface area contributed by atoms with Crippen LogP contribution in [0.2, 0.25) is 5.02 Å². The summed E-state index contributed by atoms with van der Waals surface area (Å²) in [5.41, 5.74) is 4.72. The van der Waals surface area contributed by atoms with Gasteiger partial charge >= 0.3 is 0 Å². The van der Waals surface area contributed by atoms with Crippen LogP contribution in [0.4, 0.5) is 5.69 Å². The van der Waals surface area contributed by atoms with E-state index in [9.17, 15) is 0 Å². The lowest BCUT2D eigenvalue weighted by Gasteiger charge is -2.21. The summed E-state index contributed by atoms with van der Waals surface area (Å²) in [5, 5.41) is 14.1. The number of nitriles is 1. The van der Waals surface area contributed by atoms with E-state index in [1.807, 2.05) is 18.2 Å². The number of rotatable bonds is 4. The van der Waals surface area contributed by atoms with Crippen molar-refractivity contribution in [1.29, 1.82) is 5.26 Å². The third kappa shape index (κ3) is 2.96. The summed E-state index contributed by atoms with van der Waals surface area (Å²) in [6.07, 6.45) is 6.01. The van der Waals surface area contributed by atoms with Crippen molar-refractivity contribution in [3.05, 3.63) is 34.5 Å². The second-order valence-corrected chi connectivity index (χ2v) is 5.91. The molecule has 1 aromatic heterocycles. The Hall–Kier alpha value is -1.79. The average Bonchev–Trinajstić information content (AvgIpc) is 2.50. The normalized spacial score (nSPS) is 13.7. The Kier molecular flexibility index (Phi) is 4.26. The van der Waals surface area contributed by atoms with Crippen molar-refractivity contribution >= 4 is 28.2 Å². The van der Waals surface area contributed by atoms with Crippen molar-refractivity contribution in [2.45, 2.75) is 38.5 Å². The van der Waals surface area contributed by atoms with Gasteiger partial charge in [-0.15, -0.1) is 0 Å². The van der Waals surface area contributed by atoms with E-state index >= 15 is 0 Å². The van der Waals surface area contributed by atoms with Gasteiger partial charge < -0.3 is 5.32 Å². The molecular formula is C17H18ClN3. The smallest absolute Gasteiger partial charge is 0.0741 e. The molecule has 4 heteroatoms. The molecule has 0 saturated heterocycles. The second kappa shape index (κ2) is 6.32. The van der Waals surface area contributed by atoms with Gasteiger partial charge in [-0.25, -0.2) is 0 Å². The maximum Gasteiger partial charge on any atom is 0.0741 e. The fourth-order valence-electron chi connectivity index (χ4n) is 2.98. The molecule has 1 aliphatic carbocycles. The van der Waals surface area contributed by atoms with Crippen LogP contribution >= 0.6 is 11.6 Å². The van der Waals surface area contributed by atoms with Crippen LogP contribution < -0.4 is 5.32 Å². The zero-order valence-corrected chi connectivity index (χ0v) is 12.7. The van der Waals surface area contributed by atoms with Crippen LogP contribution in [0.25, 0.3) is 10.9 Å². The molecule has 0 radical (unpaired) electrons. The van der Waals surface area contributed by atoms with E-state index in [2.05, 4.69) is 11.4 Å². The average molecular weight is 300 g/mol. The second-order valence-electron chi connectivity index (χ2n) is 5.47. The molecule has 1 aliphatic rings. The number of aryl methyl sites for hydroxylation is 1. The van der Waals surface area contributed by atoms with Gasteiger partial charge in [0, 0.05) is 34.8 Å². The Morgan fingerprint density at radius 3 is 3.00 bits per heavy atom. The van der Waals surface area contributed by atoms with E-state index in [1.165, 1.54) is 29.8 Å². The van der Waals surface area contributed by atoms with Crippen LogP contribution in [-0.2, 0) is 12.8 Å². The molecule has 0 unspecified atom stereocenters. The van der Waals surface area contributed by atoms with Gasteiger partial charge in [-0.2, -0.15) is 5.26 Å². The molecular weight excluding hydrogens is 282 g/mol. The minimum absolute atomic E-state index is 0.587. The SMILES string of the molecule is N#CCCCNc1c2c(nc3cc(Cl)ccc13)CCCC2. The minimum Gasteiger partial charge on any atom is -0.384 e. The quantitative estimate of drug-likeness (QED) is 0.847. The first-order valence-electron chi connectivity index (χ1n) is 7.51. The molecule has 0 bridgehead atoms. The third-order valence-electron chi connectivity index (χ3n) is 3.99. The fraction of sp³-hybridized carbons (Fsp3) is 0.412. The molecule has 0 saturated carbocycles. The van der Waals surface area contributed by atoms with Crippen molar-refractivity contribution < 1.29 is 0 Å².